The van der Waals surface area contributed by atoms with Crippen LogP contribution in [0.15, 0.2) is 18.2 Å². The van der Waals surface area contributed by atoms with E-state index in [1.165, 1.54) is 5.56 Å². The van der Waals surface area contributed by atoms with Crippen molar-refractivity contribution in [1.29, 1.82) is 0 Å². The summed E-state index contributed by atoms with van der Waals surface area (Å²) in [4.78, 5) is 0. The fraction of sp³-hybridized carbons (Fsp3) is 0.625. The fourth-order valence-electron chi connectivity index (χ4n) is 3.00. The minimum absolute atomic E-state index is 0.260. The molecule has 3 nitrogen and oxygen atoms in total. The predicted molar refractivity (Wildman–Crippen MR) is 75.6 cm³/mol. The van der Waals surface area contributed by atoms with Crippen molar-refractivity contribution in [3.05, 3.63) is 29.3 Å². The lowest BCUT2D eigenvalue weighted by molar-refractivity contribution is -0.143. The molecule has 0 aromatic heterocycles. The summed E-state index contributed by atoms with van der Waals surface area (Å²) in [5, 5.41) is 10.8. The molecule has 1 atom stereocenters. The molecule has 0 radical (unpaired) electrons. The molecule has 1 saturated heterocycles. The molecule has 106 valence electrons. The molecule has 0 spiro atoms. The molecular formula is C16H24O3. The molecule has 0 saturated carbocycles. The molecule has 19 heavy (non-hydrogen) atoms. The molecule has 0 amide bonds. The second-order valence-electron chi connectivity index (χ2n) is 6.25. The molecule has 1 aliphatic rings. The summed E-state index contributed by atoms with van der Waals surface area (Å²) in [7, 11) is 1.67. The molecular weight excluding hydrogens is 240 g/mol. The quantitative estimate of drug-likeness (QED) is 0.912. The van der Waals surface area contributed by atoms with Crippen molar-refractivity contribution < 1.29 is 14.6 Å². The monoisotopic (exact) mass is 264 g/mol. The molecule has 1 aromatic rings. The number of rotatable bonds is 3. The van der Waals surface area contributed by atoms with Crippen molar-refractivity contribution >= 4 is 0 Å². The van der Waals surface area contributed by atoms with Crippen LogP contribution in [-0.2, 0) is 11.2 Å². The number of benzene rings is 1. The maximum atomic E-state index is 10.8. The number of hydrogen-bond donors (Lipinski definition) is 1. The zero-order valence-corrected chi connectivity index (χ0v) is 12.3. The number of aryl methyl sites for hydroxylation is 1. The number of aliphatic hydroxyl groups is 1. The number of hydrogen-bond acceptors (Lipinski definition) is 3. The smallest absolute Gasteiger partial charge is 0.122 e. The van der Waals surface area contributed by atoms with Gasteiger partial charge in [0.25, 0.3) is 0 Å². The molecule has 1 heterocycles. The van der Waals surface area contributed by atoms with Gasteiger partial charge in [-0.1, -0.05) is 17.7 Å². The first kappa shape index (κ1) is 14.4. The van der Waals surface area contributed by atoms with E-state index in [0.717, 1.165) is 11.3 Å². The minimum atomic E-state index is -0.706. The largest absolute Gasteiger partial charge is 0.496 e. The van der Waals surface area contributed by atoms with E-state index in [1.807, 2.05) is 26.0 Å². The topological polar surface area (TPSA) is 38.7 Å². The summed E-state index contributed by atoms with van der Waals surface area (Å²) in [5.41, 5.74) is 1.29. The molecule has 3 heteroatoms. The molecule has 1 aromatic carbocycles. The molecule has 0 bridgehead atoms. The Morgan fingerprint density at radius 2 is 2.11 bits per heavy atom. The van der Waals surface area contributed by atoms with Crippen molar-refractivity contribution in [2.45, 2.75) is 51.2 Å². The van der Waals surface area contributed by atoms with Crippen LogP contribution in [0.3, 0.4) is 0 Å². The number of ether oxygens (including phenoxy) is 2. The summed E-state index contributed by atoms with van der Waals surface area (Å²) in [6.07, 6.45) is 1.94. The minimum Gasteiger partial charge on any atom is -0.496 e. The van der Waals surface area contributed by atoms with Gasteiger partial charge in [-0.25, -0.2) is 0 Å². The summed E-state index contributed by atoms with van der Waals surface area (Å²) < 4.78 is 11.1. The van der Waals surface area contributed by atoms with Crippen molar-refractivity contribution in [2.75, 3.05) is 13.7 Å². The maximum absolute atomic E-state index is 10.8. The van der Waals surface area contributed by atoms with Gasteiger partial charge in [-0.2, -0.15) is 0 Å². The van der Waals surface area contributed by atoms with E-state index in [4.69, 9.17) is 9.47 Å². The Labute approximate surface area is 115 Å². The van der Waals surface area contributed by atoms with E-state index >= 15 is 0 Å². The van der Waals surface area contributed by atoms with Crippen LogP contribution in [0.5, 0.6) is 5.75 Å². The number of methoxy groups -OCH3 is 1. The van der Waals surface area contributed by atoms with Crippen molar-refractivity contribution in [3.63, 3.8) is 0 Å². The van der Waals surface area contributed by atoms with Gasteiger partial charge in [0.05, 0.1) is 24.9 Å². The van der Waals surface area contributed by atoms with Crippen molar-refractivity contribution in [2.24, 2.45) is 0 Å². The van der Waals surface area contributed by atoms with Gasteiger partial charge < -0.3 is 14.6 Å². The van der Waals surface area contributed by atoms with E-state index in [9.17, 15) is 5.11 Å². The van der Waals surface area contributed by atoms with Crippen LogP contribution in [0, 0.1) is 6.92 Å². The molecule has 1 unspecified atom stereocenters. The highest BCUT2D eigenvalue weighted by atomic mass is 16.5. The fourth-order valence-corrected chi connectivity index (χ4v) is 3.00. The second kappa shape index (κ2) is 5.14. The normalized spacial score (nSPS) is 26.2. The Kier molecular flexibility index (Phi) is 3.88. The Morgan fingerprint density at radius 1 is 1.37 bits per heavy atom. The van der Waals surface area contributed by atoms with Crippen molar-refractivity contribution in [1.82, 2.24) is 0 Å². The summed E-state index contributed by atoms with van der Waals surface area (Å²) in [6.45, 7) is 6.73. The van der Waals surface area contributed by atoms with Crippen LogP contribution in [0.1, 0.15) is 37.8 Å². The van der Waals surface area contributed by atoms with E-state index in [2.05, 4.69) is 13.0 Å². The zero-order valence-electron chi connectivity index (χ0n) is 12.3. The first-order chi connectivity index (χ1) is 8.84. The van der Waals surface area contributed by atoms with Crippen LogP contribution >= 0.6 is 0 Å². The first-order valence-electron chi connectivity index (χ1n) is 6.83. The van der Waals surface area contributed by atoms with Gasteiger partial charge in [-0.05, 0) is 38.8 Å². The zero-order chi connectivity index (χ0) is 14.1. The highest BCUT2D eigenvalue weighted by molar-refractivity contribution is 5.38. The van der Waals surface area contributed by atoms with Gasteiger partial charge in [0.2, 0.25) is 0 Å². The third-order valence-electron chi connectivity index (χ3n) is 3.77. The van der Waals surface area contributed by atoms with Crippen LogP contribution in [0.4, 0.5) is 0 Å². The lowest BCUT2D eigenvalue weighted by Crippen LogP contribution is -2.47. The molecule has 1 aliphatic heterocycles. The molecule has 1 fully saturated rings. The Balaban J connectivity index is 2.22. The Hall–Kier alpha value is -1.06. The van der Waals surface area contributed by atoms with Crippen LogP contribution in [0.2, 0.25) is 0 Å². The van der Waals surface area contributed by atoms with Gasteiger partial charge in [0.1, 0.15) is 5.75 Å². The first-order valence-corrected chi connectivity index (χ1v) is 6.83. The average Bonchev–Trinajstić information content (AvgIpc) is 2.26. The van der Waals surface area contributed by atoms with Crippen LogP contribution in [0.25, 0.3) is 0 Å². The standard InChI is InChI=1S/C16H24O3/c1-12-5-6-14(18-4)13(9-12)10-16(17)7-8-19-15(2,3)11-16/h5-6,9,17H,7-8,10-11H2,1-4H3. The third kappa shape index (κ3) is 3.48. The lowest BCUT2D eigenvalue weighted by atomic mass is 9.80. The SMILES string of the molecule is COc1ccc(C)cc1CC1(O)CCOC(C)(C)C1. The van der Waals surface area contributed by atoms with Crippen molar-refractivity contribution in [3.8, 4) is 5.75 Å². The van der Waals surface area contributed by atoms with E-state index < -0.39 is 5.60 Å². The summed E-state index contributed by atoms with van der Waals surface area (Å²) in [5.74, 6) is 0.850. The Bertz CT molecular complexity index is 453. The van der Waals surface area contributed by atoms with E-state index in [0.29, 0.717) is 25.9 Å². The Morgan fingerprint density at radius 3 is 2.74 bits per heavy atom. The summed E-state index contributed by atoms with van der Waals surface area (Å²) >= 11 is 0. The van der Waals surface area contributed by atoms with Gasteiger partial charge >= 0.3 is 0 Å². The highest BCUT2D eigenvalue weighted by Gasteiger charge is 2.39. The van der Waals surface area contributed by atoms with E-state index in [1.54, 1.807) is 7.11 Å². The van der Waals surface area contributed by atoms with Gasteiger partial charge in [0.15, 0.2) is 0 Å². The van der Waals surface area contributed by atoms with Gasteiger partial charge in [-0.15, -0.1) is 0 Å². The second-order valence-corrected chi connectivity index (χ2v) is 6.25. The molecule has 0 aliphatic carbocycles. The summed E-state index contributed by atoms with van der Waals surface area (Å²) in [6, 6.07) is 6.10. The average molecular weight is 264 g/mol. The van der Waals surface area contributed by atoms with Crippen LogP contribution < -0.4 is 4.74 Å². The lowest BCUT2D eigenvalue weighted by Gasteiger charge is -2.41. The van der Waals surface area contributed by atoms with Gasteiger partial charge in [0, 0.05) is 12.8 Å². The van der Waals surface area contributed by atoms with E-state index in [-0.39, 0.29) is 5.60 Å². The van der Waals surface area contributed by atoms with Crippen LogP contribution in [-0.4, -0.2) is 30.0 Å². The third-order valence-corrected chi connectivity index (χ3v) is 3.77. The molecule has 2 rings (SSSR count). The van der Waals surface area contributed by atoms with Gasteiger partial charge in [-0.3, -0.25) is 0 Å². The maximum Gasteiger partial charge on any atom is 0.122 e. The highest BCUT2D eigenvalue weighted by Crippen LogP contribution is 2.36. The molecule has 1 N–H and O–H groups in total. The predicted octanol–water partition coefficient (Wildman–Crippen LogP) is 2.87.